The van der Waals surface area contributed by atoms with E-state index in [1.807, 2.05) is 36.4 Å². The third kappa shape index (κ3) is 16.8. The minimum Gasteiger partial charge on any atom is -0.488 e. The highest BCUT2D eigenvalue weighted by Gasteiger charge is 2.39. The number of ether oxygens (including phenoxy) is 2. The SMILES string of the molecule is Cc1c(COc2ccc(CNC(C)(CO)CO)cc2Br)cccc1-c1cccc(COc2ccc(CNC(C)(CO)CO)cc2Br)c1C.O=C(O)C(F)(F)F.O=C(O)C(F)(F)F. The van der Waals surface area contributed by atoms with Gasteiger partial charge in [0.25, 0.3) is 0 Å². The van der Waals surface area contributed by atoms with E-state index in [2.05, 4.69) is 92.7 Å². The molecule has 0 spiro atoms. The van der Waals surface area contributed by atoms with Crippen molar-refractivity contribution in [1.82, 2.24) is 10.6 Å². The minimum absolute atomic E-state index is 0.159. The first-order valence-corrected chi connectivity index (χ1v) is 20.0. The van der Waals surface area contributed by atoms with E-state index in [0.29, 0.717) is 26.3 Å². The Bertz CT molecular complexity index is 1950. The Morgan fingerprint density at radius 1 is 0.581 bits per heavy atom. The Morgan fingerprint density at radius 3 is 1.15 bits per heavy atom. The van der Waals surface area contributed by atoms with Crippen LogP contribution in [0.4, 0.5) is 26.3 Å². The molecule has 0 bridgehead atoms. The standard InChI is InChI=1S/C38H46Br2N2O6.2C2HF3O2/c1-25-29(19-47-35-13-11-27(15-33(35)39)17-41-37(3,21-43)22-44)7-5-9-31(25)32-10-6-8-30(26(32)2)20-48-36-14-12-28(16-34(36)40)18-42-38(4,23-45)24-46;2*3-2(4,5)1(6)7/h5-16,41-46H,17-24H2,1-4H3;2*(H,6,7). The van der Waals surface area contributed by atoms with Crippen LogP contribution in [0.15, 0.2) is 81.7 Å². The maximum atomic E-state index is 10.6. The molecule has 20 heteroatoms. The van der Waals surface area contributed by atoms with E-state index >= 15 is 0 Å². The lowest BCUT2D eigenvalue weighted by molar-refractivity contribution is -0.193. The second kappa shape index (κ2) is 24.0. The van der Waals surface area contributed by atoms with Crippen molar-refractivity contribution in [3.63, 3.8) is 0 Å². The van der Waals surface area contributed by atoms with Crippen molar-refractivity contribution in [2.75, 3.05) is 26.4 Å². The monoisotopic (exact) mass is 1010 g/mol. The molecular weight excluding hydrogens is 966 g/mol. The van der Waals surface area contributed by atoms with Crippen molar-refractivity contribution in [1.29, 1.82) is 0 Å². The molecule has 0 radical (unpaired) electrons. The summed E-state index contributed by atoms with van der Waals surface area (Å²) in [7, 11) is 0. The molecule has 0 aromatic heterocycles. The Kier molecular flexibility index (Phi) is 20.8. The number of carboxylic acid groups (broad SMARTS) is 2. The molecule has 0 fully saturated rings. The summed E-state index contributed by atoms with van der Waals surface area (Å²) < 4.78 is 77.6. The highest BCUT2D eigenvalue weighted by molar-refractivity contribution is 9.11. The second-order valence-corrected chi connectivity index (χ2v) is 16.1. The zero-order valence-electron chi connectivity index (χ0n) is 33.9. The fourth-order valence-corrected chi connectivity index (χ4v) is 6.15. The third-order valence-corrected chi connectivity index (χ3v) is 10.5. The number of aliphatic hydroxyl groups is 4. The topological polar surface area (TPSA) is 198 Å². The van der Waals surface area contributed by atoms with Crippen LogP contribution in [0.1, 0.15) is 47.2 Å². The number of carbonyl (C=O) groups is 2. The molecule has 0 saturated heterocycles. The Labute approximate surface area is 370 Å². The van der Waals surface area contributed by atoms with Crippen molar-refractivity contribution in [2.24, 2.45) is 0 Å². The van der Waals surface area contributed by atoms with Crippen LogP contribution in [0, 0.1) is 13.8 Å². The van der Waals surface area contributed by atoms with Crippen molar-refractivity contribution >= 4 is 43.8 Å². The zero-order chi connectivity index (χ0) is 47.1. The second-order valence-electron chi connectivity index (χ2n) is 14.4. The van der Waals surface area contributed by atoms with E-state index in [-0.39, 0.29) is 26.4 Å². The van der Waals surface area contributed by atoms with Crippen LogP contribution >= 0.6 is 31.9 Å². The molecule has 4 rings (SSSR count). The first kappa shape index (κ1) is 53.9. The van der Waals surface area contributed by atoms with Crippen molar-refractivity contribution in [2.45, 2.75) is 77.4 Å². The van der Waals surface area contributed by atoms with Gasteiger partial charge in [-0.2, -0.15) is 26.3 Å². The van der Waals surface area contributed by atoms with Crippen LogP contribution < -0.4 is 20.1 Å². The third-order valence-electron chi connectivity index (χ3n) is 9.26. The number of nitrogens with one attached hydrogen (secondary N) is 2. The summed E-state index contributed by atoms with van der Waals surface area (Å²) >= 11 is 7.27. The van der Waals surface area contributed by atoms with Gasteiger partial charge in [-0.15, -0.1) is 0 Å². The summed E-state index contributed by atoms with van der Waals surface area (Å²) in [6, 6.07) is 24.3. The maximum Gasteiger partial charge on any atom is 0.490 e. The number of benzene rings is 4. The van der Waals surface area contributed by atoms with Gasteiger partial charge in [0.05, 0.1) is 46.5 Å². The van der Waals surface area contributed by atoms with Gasteiger partial charge >= 0.3 is 24.3 Å². The van der Waals surface area contributed by atoms with Gasteiger partial charge in [0.2, 0.25) is 0 Å². The minimum atomic E-state index is -5.08. The fraction of sp³-hybridized carbons (Fsp3) is 0.381. The van der Waals surface area contributed by atoms with E-state index in [4.69, 9.17) is 29.3 Å². The van der Waals surface area contributed by atoms with Gasteiger partial charge in [0, 0.05) is 13.1 Å². The van der Waals surface area contributed by atoms with Gasteiger partial charge in [-0.25, -0.2) is 9.59 Å². The number of alkyl halides is 6. The van der Waals surface area contributed by atoms with Gasteiger partial charge in [-0.05, 0) is 128 Å². The van der Waals surface area contributed by atoms with E-state index in [0.717, 1.165) is 65.0 Å². The van der Waals surface area contributed by atoms with E-state index in [9.17, 15) is 46.8 Å². The molecule has 0 aliphatic carbocycles. The van der Waals surface area contributed by atoms with Gasteiger partial charge < -0.3 is 50.7 Å². The maximum absolute atomic E-state index is 10.6. The molecule has 12 nitrogen and oxygen atoms in total. The van der Waals surface area contributed by atoms with Gasteiger partial charge in [0.1, 0.15) is 24.7 Å². The highest BCUT2D eigenvalue weighted by atomic mass is 79.9. The number of aliphatic hydroxyl groups excluding tert-OH is 4. The van der Waals surface area contributed by atoms with Crippen LogP contribution in [0.2, 0.25) is 0 Å². The number of hydrogen-bond acceptors (Lipinski definition) is 10. The highest BCUT2D eigenvalue weighted by Crippen LogP contribution is 2.33. The van der Waals surface area contributed by atoms with Crippen molar-refractivity contribution in [3.05, 3.63) is 115 Å². The van der Waals surface area contributed by atoms with E-state index < -0.39 is 35.4 Å². The molecule has 0 aliphatic heterocycles. The van der Waals surface area contributed by atoms with Crippen LogP contribution in [-0.2, 0) is 35.9 Å². The molecule has 342 valence electrons. The molecule has 4 aromatic carbocycles. The molecule has 8 N–H and O–H groups in total. The molecule has 0 amide bonds. The van der Waals surface area contributed by atoms with Crippen LogP contribution in [-0.4, -0.2) is 92.4 Å². The molecular formula is C42H48Br2F6N2O10. The summed E-state index contributed by atoms with van der Waals surface area (Å²) in [6.45, 7) is 8.97. The average molecular weight is 1010 g/mol. The number of aliphatic carboxylic acids is 2. The van der Waals surface area contributed by atoms with Crippen LogP contribution in [0.25, 0.3) is 11.1 Å². The normalized spacial score (nSPS) is 11.8. The first-order valence-electron chi connectivity index (χ1n) is 18.4. The number of halogens is 8. The zero-order valence-corrected chi connectivity index (χ0v) is 37.1. The summed E-state index contributed by atoms with van der Waals surface area (Å²) in [6.07, 6.45) is -10.2. The fourth-order valence-electron chi connectivity index (χ4n) is 5.07. The van der Waals surface area contributed by atoms with Gasteiger partial charge in [-0.3, -0.25) is 0 Å². The molecule has 0 atom stereocenters. The van der Waals surface area contributed by atoms with Crippen molar-refractivity contribution < 1.29 is 76.0 Å². The predicted molar refractivity (Wildman–Crippen MR) is 225 cm³/mol. The smallest absolute Gasteiger partial charge is 0.488 e. The average Bonchev–Trinajstić information content (AvgIpc) is 3.22. The Balaban J connectivity index is 0.000000811. The molecule has 0 aliphatic rings. The Morgan fingerprint density at radius 2 is 0.887 bits per heavy atom. The molecule has 4 aromatic rings. The quantitative estimate of drug-likeness (QED) is 0.0484. The van der Waals surface area contributed by atoms with E-state index in [1.165, 1.54) is 0 Å². The summed E-state index contributed by atoms with van der Waals surface area (Å²) in [5.74, 6) is -4.05. The predicted octanol–water partition coefficient (Wildman–Crippen LogP) is 7.59. The largest absolute Gasteiger partial charge is 0.490 e. The number of carboxylic acids is 2. The van der Waals surface area contributed by atoms with Crippen LogP contribution in [0.5, 0.6) is 11.5 Å². The Hall–Kier alpha value is -4.28. The summed E-state index contributed by atoms with van der Waals surface area (Å²) in [5, 5.41) is 58.8. The van der Waals surface area contributed by atoms with Gasteiger partial charge in [0.15, 0.2) is 0 Å². The molecule has 0 unspecified atom stereocenters. The number of hydrogen-bond donors (Lipinski definition) is 8. The lowest BCUT2D eigenvalue weighted by Crippen LogP contribution is -2.48. The lowest BCUT2D eigenvalue weighted by Gasteiger charge is -2.26. The molecule has 0 heterocycles. The molecule has 62 heavy (non-hydrogen) atoms. The number of rotatable bonds is 17. The van der Waals surface area contributed by atoms with Gasteiger partial charge in [-0.1, -0.05) is 48.5 Å². The van der Waals surface area contributed by atoms with Crippen LogP contribution in [0.3, 0.4) is 0 Å². The lowest BCUT2D eigenvalue weighted by atomic mass is 9.92. The van der Waals surface area contributed by atoms with E-state index in [1.54, 1.807) is 13.8 Å². The summed E-state index contributed by atoms with van der Waals surface area (Å²) in [5.41, 5.74) is 7.26. The molecule has 0 saturated carbocycles. The first-order chi connectivity index (χ1) is 28.8. The van der Waals surface area contributed by atoms with Crippen molar-refractivity contribution in [3.8, 4) is 22.6 Å². The summed E-state index contributed by atoms with van der Waals surface area (Å²) in [4.78, 5) is 17.8.